The van der Waals surface area contributed by atoms with Gasteiger partial charge in [0.2, 0.25) is 0 Å². The molecular formula is C16H24N4O. The zero-order valence-electron chi connectivity index (χ0n) is 13.0. The van der Waals surface area contributed by atoms with Crippen LogP contribution in [0.15, 0.2) is 6.07 Å². The Bertz CT molecular complexity index is 525. The van der Waals surface area contributed by atoms with Crippen LogP contribution >= 0.6 is 0 Å². The first kappa shape index (κ1) is 14.3. The average molecular weight is 288 g/mol. The lowest BCUT2D eigenvalue weighted by Crippen LogP contribution is -2.39. The number of carbonyl (C=O) groups excluding carboxylic acids is 1. The summed E-state index contributed by atoms with van der Waals surface area (Å²) in [5.74, 6) is 2.25. The molecule has 1 aromatic heterocycles. The molecule has 2 fully saturated rings. The molecule has 2 aliphatic heterocycles. The minimum absolute atomic E-state index is 0.0625. The van der Waals surface area contributed by atoms with Crippen molar-refractivity contribution in [3.8, 4) is 0 Å². The highest BCUT2D eigenvalue weighted by molar-refractivity contribution is 5.93. The van der Waals surface area contributed by atoms with Crippen LogP contribution in [0, 0.1) is 12.8 Å². The first-order valence-corrected chi connectivity index (χ1v) is 8.03. The zero-order valence-corrected chi connectivity index (χ0v) is 13.0. The third-order valence-corrected chi connectivity index (χ3v) is 4.42. The van der Waals surface area contributed by atoms with Crippen LogP contribution in [0.5, 0.6) is 0 Å². The van der Waals surface area contributed by atoms with Gasteiger partial charge in [-0.1, -0.05) is 6.92 Å². The summed E-state index contributed by atoms with van der Waals surface area (Å²) in [5.41, 5.74) is 0.554. The van der Waals surface area contributed by atoms with Gasteiger partial charge >= 0.3 is 0 Å². The van der Waals surface area contributed by atoms with Crippen molar-refractivity contribution < 1.29 is 4.79 Å². The lowest BCUT2D eigenvalue weighted by atomic mass is 10.00. The number of aromatic nitrogens is 2. The lowest BCUT2D eigenvalue weighted by Gasteiger charge is -2.30. The molecule has 0 bridgehead atoms. The molecular weight excluding hydrogens is 264 g/mol. The largest absolute Gasteiger partial charge is 0.356 e. The summed E-state index contributed by atoms with van der Waals surface area (Å²) in [5, 5.41) is 0. The van der Waals surface area contributed by atoms with E-state index in [0.717, 1.165) is 38.4 Å². The fourth-order valence-electron chi connectivity index (χ4n) is 3.31. The van der Waals surface area contributed by atoms with Gasteiger partial charge in [-0.15, -0.1) is 0 Å². The Labute approximate surface area is 126 Å². The molecule has 1 atom stereocenters. The van der Waals surface area contributed by atoms with Gasteiger partial charge in [-0.05, 0) is 38.5 Å². The number of nitrogens with zero attached hydrogens (tertiary/aromatic N) is 4. The van der Waals surface area contributed by atoms with Crippen molar-refractivity contribution in [1.82, 2.24) is 14.9 Å². The standard InChI is InChI=1S/C16H24N4O/c1-12-6-5-9-20(11-12)16(21)14-10-15(18-13(2)17-14)19-7-3-4-8-19/h10,12H,3-9,11H2,1-2H3. The molecule has 114 valence electrons. The Balaban J connectivity index is 1.82. The van der Waals surface area contributed by atoms with Crippen molar-refractivity contribution >= 4 is 11.7 Å². The van der Waals surface area contributed by atoms with Crippen molar-refractivity contribution in [3.05, 3.63) is 17.6 Å². The third kappa shape index (κ3) is 3.17. The number of anilines is 1. The van der Waals surface area contributed by atoms with Crippen molar-refractivity contribution in [2.45, 2.75) is 39.5 Å². The van der Waals surface area contributed by atoms with E-state index in [1.807, 2.05) is 17.9 Å². The van der Waals surface area contributed by atoms with E-state index < -0.39 is 0 Å². The zero-order chi connectivity index (χ0) is 14.8. The van der Waals surface area contributed by atoms with E-state index in [0.29, 0.717) is 17.4 Å². The van der Waals surface area contributed by atoms with Crippen LogP contribution in [-0.4, -0.2) is 47.0 Å². The predicted molar refractivity (Wildman–Crippen MR) is 82.5 cm³/mol. The molecule has 0 aliphatic carbocycles. The van der Waals surface area contributed by atoms with E-state index in [1.54, 1.807) is 0 Å². The molecule has 0 N–H and O–H groups in total. The Morgan fingerprint density at radius 3 is 2.67 bits per heavy atom. The topological polar surface area (TPSA) is 49.3 Å². The van der Waals surface area contributed by atoms with Crippen LogP contribution in [0.2, 0.25) is 0 Å². The van der Waals surface area contributed by atoms with Crippen LogP contribution < -0.4 is 4.90 Å². The normalized spacial score (nSPS) is 22.7. The molecule has 21 heavy (non-hydrogen) atoms. The maximum absolute atomic E-state index is 12.7. The quantitative estimate of drug-likeness (QED) is 0.837. The molecule has 0 saturated carbocycles. The van der Waals surface area contributed by atoms with Crippen molar-refractivity contribution in [1.29, 1.82) is 0 Å². The van der Waals surface area contributed by atoms with Gasteiger partial charge in [0, 0.05) is 32.2 Å². The maximum atomic E-state index is 12.7. The number of piperidine rings is 1. The minimum Gasteiger partial charge on any atom is -0.356 e. The summed E-state index contributed by atoms with van der Waals surface area (Å²) in [6, 6.07) is 1.87. The Morgan fingerprint density at radius 2 is 1.95 bits per heavy atom. The van der Waals surface area contributed by atoms with Gasteiger partial charge in [0.05, 0.1) is 0 Å². The summed E-state index contributed by atoms with van der Waals surface area (Å²) >= 11 is 0. The van der Waals surface area contributed by atoms with Crippen molar-refractivity contribution in [3.63, 3.8) is 0 Å². The van der Waals surface area contributed by atoms with Gasteiger partial charge in [-0.25, -0.2) is 9.97 Å². The summed E-state index contributed by atoms with van der Waals surface area (Å²) in [7, 11) is 0. The molecule has 0 aromatic carbocycles. The molecule has 5 nitrogen and oxygen atoms in total. The first-order chi connectivity index (χ1) is 10.1. The highest BCUT2D eigenvalue weighted by atomic mass is 16.2. The molecule has 3 heterocycles. The number of likely N-dealkylation sites (tertiary alicyclic amines) is 1. The van der Waals surface area contributed by atoms with Gasteiger partial charge in [0.1, 0.15) is 17.3 Å². The van der Waals surface area contributed by atoms with Gasteiger partial charge in [0.15, 0.2) is 0 Å². The molecule has 2 saturated heterocycles. The number of carbonyl (C=O) groups is 1. The SMILES string of the molecule is Cc1nc(C(=O)N2CCCC(C)C2)cc(N2CCCC2)n1. The fraction of sp³-hybridized carbons (Fsp3) is 0.688. The minimum atomic E-state index is 0.0625. The number of hydrogen-bond donors (Lipinski definition) is 0. The second-order valence-electron chi connectivity index (χ2n) is 6.35. The van der Waals surface area contributed by atoms with Crippen LogP contribution in [-0.2, 0) is 0 Å². The number of amides is 1. The van der Waals surface area contributed by atoms with Gasteiger partial charge < -0.3 is 9.80 Å². The first-order valence-electron chi connectivity index (χ1n) is 8.03. The molecule has 1 unspecified atom stereocenters. The van der Waals surface area contributed by atoms with Gasteiger partial charge in [-0.3, -0.25) is 4.79 Å². The van der Waals surface area contributed by atoms with Crippen LogP contribution in [0.1, 0.15) is 48.9 Å². The van der Waals surface area contributed by atoms with Crippen LogP contribution in [0.25, 0.3) is 0 Å². The highest BCUT2D eigenvalue weighted by Gasteiger charge is 2.24. The van der Waals surface area contributed by atoms with E-state index in [2.05, 4.69) is 21.8 Å². The molecule has 3 rings (SSSR count). The van der Waals surface area contributed by atoms with E-state index in [-0.39, 0.29) is 5.91 Å². The second-order valence-corrected chi connectivity index (χ2v) is 6.35. The van der Waals surface area contributed by atoms with Crippen LogP contribution in [0.3, 0.4) is 0 Å². The Kier molecular flexibility index (Phi) is 4.08. The molecule has 1 amide bonds. The van der Waals surface area contributed by atoms with Crippen molar-refractivity contribution in [2.24, 2.45) is 5.92 Å². The maximum Gasteiger partial charge on any atom is 0.272 e. The lowest BCUT2D eigenvalue weighted by molar-refractivity contribution is 0.0676. The van der Waals surface area contributed by atoms with E-state index >= 15 is 0 Å². The smallest absolute Gasteiger partial charge is 0.272 e. The molecule has 0 spiro atoms. The molecule has 2 aliphatic rings. The summed E-state index contributed by atoms with van der Waals surface area (Å²) < 4.78 is 0. The van der Waals surface area contributed by atoms with Gasteiger partial charge in [0.25, 0.3) is 5.91 Å². The summed E-state index contributed by atoms with van der Waals surface area (Å²) in [6.07, 6.45) is 4.72. The number of hydrogen-bond acceptors (Lipinski definition) is 4. The summed E-state index contributed by atoms with van der Waals surface area (Å²) in [6.45, 7) is 7.84. The predicted octanol–water partition coefficient (Wildman–Crippen LogP) is 2.26. The summed E-state index contributed by atoms with van der Waals surface area (Å²) in [4.78, 5) is 25.8. The average Bonchev–Trinajstić information content (AvgIpc) is 3.00. The monoisotopic (exact) mass is 288 g/mol. The number of rotatable bonds is 2. The van der Waals surface area contributed by atoms with Crippen molar-refractivity contribution in [2.75, 3.05) is 31.1 Å². The van der Waals surface area contributed by atoms with E-state index in [9.17, 15) is 4.79 Å². The molecule has 5 heteroatoms. The molecule has 0 radical (unpaired) electrons. The van der Waals surface area contributed by atoms with E-state index in [1.165, 1.54) is 19.3 Å². The Hall–Kier alpha value is -1.65. The van der Waals surface area contributed by atoms with Gasteiger partial charge in [-0.2, -0.15) is 0 Å². The van der Waals surface area contributed by atoms with Crippen LogP contribution in [0.4, 0.5) is 5.82 Å². The fourth-order valence-corrected chi connectivity index (χ4v) is 3.31. The highest BCUT2D eigenvalue weighted by Crippen LogP contribution is 2.21. The third-order valence-electron chi connectivity index (χ3n) is 4.42. The second kappa shape index (κ2) is 6.00. The number of aryl methyl sites for hydroxylation is 1. The Morgan fingerprint density at radius 1 is 1.19 bits per heavy atom. The van der Waals surface area contributed by atoms with E-state index in [4.69, 9.17) is 0 Å². The molecule has 1 aromatic rings.